The second kappa shape index (κ2) is 4.97. The van der Waals surface area contributed by atoms with Crippen LogP contribution < -0.4 is 0 Å². The van der Waals surface area contributed by atoms with E-state index in [1.54, 1.807) is 0 Å². The molecular weight excluding hydrogens is 146 g/mol. The van der Waals surface area contributed by atoms with Crippen molar-refractivity contribution >= 4 is 12.4 Å². The van der Waals surface area contributed by atoms with E-state index in [4.69, 9.17) is 0 Å². The zero-order chi connectivity index (χ0) is 6.69. The van der Waals surface area contributed by atoms with E-state index in [9.17, 15) is 0 Å². The molecule has 62 valence electrons. The smallest absolute Gasteiger partial charge is 0.000708 e. The maximum atomic E-state index is 2.43. The van der Waals surface area contributed by atoms with Gasteiger partial charge in [0, 0.05) is 6.54 Å². The third-order valence-corrected chi connectivity index (χ3v) is 2.19. The van der Waals surface area contributed by atoms with E-state index in [0.717, 1.165) is 5.92 Å². The number of nitrogens with zero attached hydrogens (tertiary/aromatic N) is 1. The first-order chi connectivity index (χ1) is 4.33. The summed E-state index contributed by atoms with van der Waals surface area (Å²) in [4.78, 5) is 2.43. The van der Waals surface area contributed by atoms with Crippen LogP contribution in [0.15, 0.2) is 0 Å². The van der Waals surface area contributed by atoms with Crippen molar-refractivity contribution in [2.24, 2.45) is 5.92 Å². The van der Waals surface area contributed by atoms with E-state index in [1.807, 2.05) is 0 Å². The monoisotopic (exact) mass is 163 g/mol. The predicted molar refractivity (Wildman–Crippen MR) is 47.8 cm³/mol. The van der Waals surface area contributed by atoms with Crippen LogP contribution in [0.2, 0.25) is 0 Å². The minimum Gasteiger partial charge on any atom is -0.306 e. The average Bonchev–Trinajstić information content (AvgIpc) is 2.17. The summed E-state index contributed by atoms with van der Waals surface area (Å²) in [5.74, 6) is 1.01. The van der Waals surface area contributed by atoms with Gasteiger partial charge in [0.2, 0.25) is 0 Å². The highest BCUT2D eigenvalue weighted by Gasteiger charge is 2.17. The van der Waals surface area contributed by atoms with Gasteiger partial charge in [-0.2, -0.15) is 0 Å². The van der Waals surface area contributed by atoms with Crippen LogP contribution in [0.3, 0.4) is 0 Å². The van der Waals surface area contributed by atoms with Gasteiger partial charge in [-0.25, -0.2) is 0 Å². The van der Waals surface area contributed by atoms with Gasteiger partial charge < -0.3 is 4.90 Å². The van der Waals surface area contributed by atoms with Crippen LogP contribution in [-0.4, -0.2) is 25.0 Å². The van der Waals surface area contributed by atoms with Crippen LogP contribution in [0.1, 0.15) is 26.2 Å². The number of likely N-dealkylation sites (tertiary alicyclic amines) is 1. The fourth-order valence-corrected chi connectivity index (χ4v) is 1.67. The van der Waals surface area contributed by atoms with Crippen molar-refractivity contribution < 1.29 is 0 Å². The fraction of sp³-hybridized carbons (Fsp3) is 1.00. The van der Waals surface area contributed by atoms with Crippen LogP contribution in [0.5, 0.6) is 0 Å². The summed E-state index contributed by atoms with van der Waals surface area (Å²) >= 11 is 0. The lowest BCUT2D eigenvalue weighted by Gasteiger charge is -2.07. The highest BCUT2D eigenvalue weighted by Crippen LogP contribution is 2.18. The summed E-state index contributed by atoms with van der Waals surface area (Å²) in [6.07, 6.45) is 4.23. The number of hydrogen-bond acceptors (Lipinski definition) is 1. The molecule has 0 aromatic carbocycles. The maximum Gasteiger partial charge on any atom is 0.000708 e. The molecule has 0 spiro atoms. The van der Waals surface area contributed by atoms with E-state index in [0.29, 0.717) is 0 Å². The second-order valence-corrected chi connectivity index (χ2v) is 3.21. The first kappa shape index (κ1) is 10.2. The Labute approximate surface area is 70.2 Å². The molecular formula is C8H18ClN. The highest BCUT2D eigenvalue weighted by atomic mass is 35.5. The Bertz CT molecular complexity index is 83.3. The Hall–Kier alpha value is 0.250. The predicted octanol–water partition coefficient (Wildman–Crippen LogP) is 2.16. The lowest BCUT2D eigenvalue weighted by molar-refractivity contribution is 0.387. The van der Waals surface area contributed by atoms with Crippen LogP contribution in [-0.2, 0) is 0 Å². The molecule has 0 bridgehead atoms. The van der Waals surface area contributed by atoms with Crippen molar-refractivity contribution in [1.29, 1.82) is 0 Å². The van der Waals surface area contributed by atoms with Gasteiger partial charge in [0.25, 0.3) is 0 Å². The Morgan fingerprint density at radius 2 is 2.20 bits per heavy atom. The van der Waals surface area contributed by atoms with Gasteiger partial charge >= 0.3 is 0 Å². The van der Waals surface area contributed by atoms with Gasteiger partial charge in [0.05, 0.1) is 0 Å². The average molecular weight is 164 g/mol. The van der Waals surface area contributed by atoms with Crippen molar-refractivity contribution in [3.63, 3.8) is 0 Å². The van der Waals surface area contributed by atoms with E-state index >= 15 is 0 Å². The summed E-state index contributed by atoms with van der Waals surface area (Å²) in [7, 11) is 2.22. The molecule has 1 atom stereocenters. The summed E-state index contributed by atoms with van der Waals surface area (Å²) in [5.41, 5.74) is 0. The Morgan fingerprint density at radius 3 is 2.60 bits per heavy atom. The molecule has 10 heavy (non-hydrogen) atoms. The molecule has 0 N–H and O–H groups in total. The number of halogens is 1. The molecule has 0 aromatic rings. The Balaban J connectivity index is 0.000000810. The molecule has 1 aliphatic heterocycles. The second-order valence-electron chi connectivity index (χ2n) is 3.21. The summed E-state index contributed by atoms with van der Waals surface area (Å²) in [6, 6.07) is 0. The van der Waals surface area contributed by atoms with Gasteiger partial charge in [-0.15, -0.1) is 12.4 Å². The topological polar surface area (TPSA) is 3.24 Å². The van der Waals surface area contributed by atoms with Crippen molar-refractivity contribution in [3.05, 3.63) is 0 Å². The van der Waals surface area contributed by atoms with Crippen molar-refractivity contribution in [1.82, 2.24) is 4.90 Å². The SMILES string of the molecule is CCCC1CCN(C)C1.Cl. The molecule has 0 aliphatic carbocycles. The summed E-state index contributed by atoms with van der Waals surface area (Å²) in [5, 5.41) is 0. The standard InChI is InChI=1S/C8H17N.ClH/c1-3-4-8-5-6-9(2)7-8;/h8H,3-7H2,1-2H3;1H. The molecule has 2 heteroatoms. The normalized spacial score (nSPS) is 26.4. The van der Waals surface area contributed by atoms with E-state index in [2.05, 4.69) is 18.9 Å². The van der Waals surface area contributed by atoms with Crippen molar-refractivity contribution in [2.75, 3.05) is 20.1 Å². The van der Waals surface area contributed by atoms with Crippen LogP contribution in [0, 0.1) is 5.92 Å². The largest absolute Gasteiger partial charge is 0.306 e. The Kier molecular flexibility index (Phi) is 5.10. The van der Waals surface area contributed by atoms with Crippen molar-refractivity contribution in [3.8, 4) is 0 Å². The lowest BCUT2D eigenvalue weighted by atomic mass is 10.0. The van der Waals surface area contributed by atoms with Gasteiger partial charge in [0.15, 0.2) is 0 Å². The van der Waals surface area contributed by atoms with Gasteiger partial charge in [-0.05, 0) is 32.4 Å². The summed E-state index contributed by atoms with van der Waals surface area (Å²) < 4.78 is 0. The molecule has 1 aliphatic rings. The Morgan fingerprint density at radius 1 is 1.50 bits per heavy atom. The van der Waals surface area contributed by atoms with E-state index in [-0.39, 0.29) is 12.4 Å². The van der Waals surface area contributed by atoms with Crippen LogP contribution in [0.25, 0.3) is 0 Å². The third-order valence-electron chi connectivity index (χ3n) is 2.19. The molecule has 0 radical (unpaired) electrons. The zero-order valence-corrected chi connectivity index (χ0v) is 7.78. The molecule has 1 fully saturated rings. The van der Waals surface area contributed by atoms with E-state index < -0.39 is 0 Å². The van der Waals surface area contributed by atoms with Gasteiger partial charge in [0.1, 0.15) is 0 Å². The van der Waals surface area contributed by atoms with Crippen LogP contribution in [0.4, 0.5) is 0 Å². The molecule has 1 saturated heterocycles. The molecule has 1 heterocycles. The van der Waals surface area contributed by atoms with Crippen LogP contribution >= 0.6 is 12.4 Å². The number of hydrogen-bond donors (Lipinski definition) is 0. The molecule has 0 saturated carbocycles. The minimum atomic E-state index is 0. The highest BCUT2D eigenvalue weighted by molar-refractivity contribution is 5.85. The quantitative estimate of drug-likeness (QED) is 0.603. The first-order valence-corrected chi connectivity index (χ1v) is 4.01. The molecule has 1 nitrogen and oxygen atoms in total. The first-order valence-electron chi connectivity index (χ1n) is 4.01. The molecule has 0 amide bonds. The number of rotatable bonds is 2. The zero-order valence-electron chi connectivity index (χ0n) is 6.97. The minimum absolute atomic E-state index is 0. The lowest BCUT2D eigenvalue weighted by Crippen LogP contribution is -2.13. The maximum absolute atomic E-state index is 2.43. The van der Waals surface area contributed by atoms with Crippen molar-refractivity contribution in [2.45, 2.75) is 26.2 Å². The van der Waals surface area contributed by atoms with Gasteiger partial charge in [-0.1, -0.05) is 13.3 Å². The fourth-order valence-electron chi connectivity index (χ4n) is 1.67. The molecule has 0 aromatic heterocycles. The van der Waals surface area contributed by atoms with E-state index in [1.165, 1.54) is 32.4 Å². The summed E-state index contributed by atoms with van der Waals surface area (Å²) in [6.45, 7) is 4.94. The molecule has 1 rings (SSSR count). The van der Waals surface area contributed by atoms with Gasteiger partial charge in [-0.3, -0.25) is 0 Å². The molecule has 1 unspecified atom stereocenters. The third kappa shape index (κ3) is 2.89.